The van der Waals surface area contributed by atoms with Gasteiger partial charge in [0.1, 0.15) is 22.7 Å². The minimum absolute atomic E-state index is 0. The molecular formula is C38H34Cl2N8. The maximum atomic E-state index is 3.33. The monoisotopic (exact) mass is 672 g/mol. The summed E-state index contributed by atoms with van der Waals surface area (Å²) >= 11 is 0. The van der Waals surface area contributed by atoms with Crippen molar-refractivity contribution in [3.8, 4) is 0 Å². The maximum Gasteiger partial charge on any atom is 0.288 e. The first-order chi connectivity index (χ1) is 22.9. The lowest BCUT2D eigenvalue weighted by Gasteiger charge is -2.26. The van der Waals surface area contributed by atoms with Crippen LogP contribution in [0.2, 0.25) is 0 Å². The fourth-order valence-electron chi connectivity index (χ4n) is 5.27. The van der Waals surface area contributed by atoms with E-state index < -0.39 is 0 Å². The second kappa shape index (κ2) is 16.0. The van der Waals surface area contributed by atoms with Crippen LogP contribution in [0.4, 0.5) is 34.1 Å². The highest BCUT2D eigenvalue weighted by atomic mass is 35.5. The summed E-state index contributed by atoms with van der Waals surface area (Å²) in [5.74, 6) is 0. The maximum absolute atomic E-state index is 3.33. The van der Waals surface area contributed by atoms with Crippen molar-refractivity contribution in [2.75, 3.05) is 20.5 Å². The van der Waals surface area contributed by atoms with Crippen LogP contribution >= 0.6 is 0 Å². The average Bonchev–Trinajstić information content (AvgIpc) is 3.80. The van der Waals surface area contributed by atoms with Gasteiger partial charge in [-0.3, -0.25) is 0 Å². The molecule has 6 aromatic rings. The van der Waals surface area contributed by atoms with E-state index in [1.165, 1.54) is 0 Å². The molecule has 0 fully saturated rings. The fraction of sp³-hybridized carbons (Fsp3) is 0. The summed E-state index contributed by atoms with van der Waals surface area (Å²) in [5, 5.41) is 8.24. The molecule has 0 aromatic heterocycles. The zero-order valence-electron chi connectivity index (χ0n) is 25.9. The molecule has 10 heteroatoms. The Hall–Kier alpha value is -5.96. The van der Waals surface area contributed by atoms with E-state index >= 15 is 0 Å². The first kappa shape index (κ1) is 33.4. The average molecular weight is 674 g/mol. The van der Waals surface area contributed by atoms with E-state index in [0.29, 0.717) is 0 Å². The van der Waals surface area contributed by atoms with E-state index in [9.17, 15) is 0 Å². The molecule has 0 unspecified atom stereocenters. The van der Waals surface area contributed by atoms with Gasteiger partial charge in [0.15, 0.2) is 11.4 Å². The fourth-order valence-corrected chi connectivity index (χ4v) is 5.27. The third kappa shape index (κ3) is 7.20. The van der Waals surface area contributed by atoms with Crippen molar-refractivity contribution >= 4 is 46.8 Å². The third-order valence-corrected chi connectivity index (χ3v) is 7.41. The van der Waals surface area contributed by atoms with E-state index in [1.54, 1.807) is 0 Å². The Kier molecular flexibility index (Phi) is 11.2. The molecule has 2 aliphatic heterocycles. The second-order valence-electron chi connectivity index (χ2n) is 10.4. The Labute approximate surface area is 293 Å². The molecule has 2 N–H and O–H groups in total. The lowest BCUT2D eigenvalue weighted by atomic mass is 10.3. The van der Waals surface area contributed by atoms with Gasteiger partial charge in [0.25, 0.3) is 12.7 Å². The van der Waals surface area contributed by atoms with Crippen LogP contribution < -0.4 is 56.1 Å². The van der Waals surface area contributed by atoms with Crippen LogP contribution in [0.1, 0.15) is 0 Å². The molecular weight excluding hydrogens is 639 g/mol. The van der Waals surface area contributed by atoms with Gasteiger partial charge < -0.3 is 24.8 Å². The van der Waals surface area contributed by atoms with Crippen molar-refractivity contribution < 1.29 is 34.2 Å². The smallest absolute Gasteiger partial charge is 0.288 e. The molecule has 0 spiro atoms. The van der Waals surface area contributed by atoms with E-state index in [0.717, 1.165) is 34.1 Å². The van der Waals surface area contributed by atoms with Gasteiger partial charge in [-0.2, -0.15) is 10.9 Å². The number of hydrazine groups is 6. The van der Waals surface area contributed by atoms with Gasteiger partial charge in [-0.15, -0.1) is 9.37 Å². The van der Waals surface area contributed by atoms with Crippen LogP contribution in [0, 0.1) is 0 Å². The van der Waals surface area contributed by atoms with Crippen LogP contribution in [0.3, 0.4) is 0 Å². The summed E-state index contributed by atoms with van der Waals surface area (Å²) in [6.45, 7) is 0. The lowest BCUT2D eigenvalue weighted by Crippen LogP contribution is -3.00. The number of hydrogen-bond acceptors (Lipinski definition) is 6. The standard InChI is InChI=1S/2C19H16N4.2ClH/c2*1-4-10-17(11-5-1)21-16-20-22(18-12-6-2-7-13-18)23(21)19-14-8-3-9-15-19;;/h2*1-16H;2*1H. The van der Waals surface area contributed by atoms with Crippen molar-refractivity contribution in [3.05, 3.63) is 182 Å². The minimum atomic E-state index is 0. The molecule has 2 aliphatic rings. The number of rotatable bonds is 6. The second-order valence-corrected chi connectivity index (χ2v) is 10.4. The van der Waals surface area contributed by atoms with Crippen molar-refractivity contribution in [1.82, 2.24) is 10.9 Å². The highest BCUT2D eigenvalue weighted by molar-refractivity contribution is 5.67. The Morgan fingerprint density at radius 3 is 0.854 bits per heavy atom. The van der Waals surface area contributed by atoms with Crippen LogP contribution in [0.5, 0.6) is 0 Å². The van der Waals surface area contributed by atoms with Gasteiger partial charge in [-0.05, 0) is 72.8 Å². The van der Waals surface area contributed by atoms with E-state index in [-0.39, 0.29) is 24.8 Å². The minimum Gasteiger partial charge on any atom is -1.00 e. The van der Waals surface area contributed by atoms with Crippen LogP contribution in [0.25, 0.3) is 0 Å². The quantitative estimate of drug-likeness (QED) is 0.261. The number of halogens is 2. The summed E-state index contributed by atoms with van der Waals surface area (Å²) < 4.78 is 4.17. The normalized spacial score (nSPS) is 13.1. The van der Waals surface area contributed by atoms with Crippen molar-refractivity contribution in [1.29, 1.82) is 0 Å². The molecule has 2 heterocycles. The third-order valence-electron chi connectivity index (χ3n) is 7.41. The Morgan fingerprint density at radius 2 is 0.562 bits per heavy atom. The molecule has 0 atom stereocenters. The Balaban J connectivity index is 0.000000180. The number of nitrogens with one attached hydrogen (secondary N) is 2. The molecule has 48 heavy (non-hydrogen) atoms. The van der Waals surface area contributed by atoms with Crippen molar-refractivity contribution in [2.24, 2.45) is 0 Å². The van der Waals surface area contributed by atoms with Gasteiger partial charge in [0.05, 0.1) is 0 Å². The summed E-state index contributed by atoms with van der Waals surface area (Å²) in [6, 6.07) is 61.6. The Bertz CT molecular complexity index is 1760. The van der Waals surface area contributed by atoms with Gasteiger partial charge in [0.2, 0.25) is 0 Å². The molecule has 0 aliphatic carbocycles. The number of nitrogens with zero attached hydrogens (tertiary/aromatic N) is 6. The highest BCUT2D eigenvalue weighted by Gasteiger charge is 2.34. The molecule has 0 amide bonds. The number of anilines is 4. The molecule has 240 valence electrons. The largest absolute Gasteiger partial charge is 1.00 e. The molecule has 0 saturated heterocycles. The first-order valence-electron chi connectivity index (χ1n) is 15.1. The van der Waals surface area contributed by atoms with E-state index in [2.05, 4.69) is 103 Å². The number of para-hydroxylation sites is 6. The topological polar surface area (TPSA) is 43.0 Å². The number of benzene rings is 6. The molecule has 0 bridgehead atoms. The van der Waals surface area contributed by atoms with Gasteiger partial charge in [-0.1, -0.05) is 130 Å². The highest BCUT2D eigenvalue weighted by Crippen LogP contribution is 2.28. The van der Waals surface area contributed by atoms with Gasteiger partial charge in [0, 0.05) is 0 Å². The summed E-state index contributed by atoms with van der Waals surface area (Å²) in [5.41, 5.74) is 13.1. The zero-order valence-corrected chi connectivity index (χ0v) is 27.4. The predicted molar refractivity (Wildman–Crippen MR) is 187 cm³/mol. The summed E-state index contributed by atoms with van der Waals surface area (Å²) in [6.07, 6.45) is 3.91. The van der Waals surface area contributed by atoms with Gasteiger partial charge >= 0.3 is 0 Å². The number of hydrazone groups is 2. The van der Waals surface area contributed by atoms with Crippen molar-refractivity contribution in [2.45, 2.75) is 0 Å². The molecule has 0 saturated carbocycles. The van der Waals surface area contributed by atoms with Crippen LogP contribution in [0.15, 0.2) is 182 Å². The van der Waals surface area contributed by atoms with Gasteiger partial charge in [-0.25, -0.2) is 0 Å². The molecule has 8 nitrogen and oxygen atoms in total. The van der Waals surface area contributed by atoms with Crippen LogP contribution in [-0.2, 0) is 0 Å². The lowest BCUT2D eigenvalue weighted by molar-refractivity contribution is -0.444. The van der Waals surface area contributed by atoms with E-state index in [1.807, 2.05) is 132 Å². The summed E-state index contributed by atoms with van der Waals surface area (Å²) in [4.78, 5) is 0. The van der Waals surface area contributed by atoms with E-state index in [4.69, 9.17) is 0 Å². The summed E-state index contributed by atoms with van der Waals surface area (Å²) in [7, 11) is 0. The molecule has 6 aromatic carbocycles. The van der Waals surface area contributed by atoms with Crippen molar-refractivity contribution in [3.63, 3.8) is 0 Å². The Morgan fingerprint density at radius 1 is 0.312 bits per heavy atom. The molecule has 8 rings (SSSR count). The van der Waals surface area contributed by atoms with Crippen LogP contribution in [-0.4, -0.2) is 22.0 Å². The SMILES string of the molecule is C1=[N+](c2ccccc2)N(c2ccccc2)N(c2ccccc2)N1.C1=[N+](c2ccccc2)N(c2ccccc2)N(c2ccccc2)N1.[Cl-].[Cl-]. The number of hydrogen-bond donors (Lipinski definition) is 2. The predicted octanol–water partition coefficient (Wildman–Crippen LogP) is 1.45. The zero-order chi connectivity index (χ0) is 31.0. The molecule has 0 radical (unpaired) electrons. The first-order valence-corrected chi connectivity index (χ1v) is 15.1.